The molecule has 2 heterocycles. The molecule has 1 aliphatic rings. The van der Waals surface area contributed by atoms with Gasteiger partial charge in [-0.05, 0) is 38.1 Å². The van der Waals surface area contributed by atoms with Crippen LogP contribution in [0.15, 0.2) is 29.2 Å². The van der Waals surface area contributed by atoms with Gasteiger partial charge in [0.05, 0.1) is 40.9 Å². The highest BCUT2D eigenvalue weighted by atomic mass is 32.2. The number of nitrogens with two attached hydrogens (primary N) is 1. The zero-order chi connectivity index (χ0) is 23.4. The molecule has 0 saturated carbocycles. The van der Waals surface area contributed by atoms with Gasteiger partial charge in [-0.25, -0.2) is 13.4 Å². The Balaban J connectivity index is 1.87. The first-order chi connectivity index (χ1) is 15.0. The molecular weight excluding hydrogens is 436 g/mol. The summed E-state index contributed by atoms with van der Waals surface area (Å²) in [5.41, 5.74) is 7.06. The van der Waals surface area contributed by atoms with E-state index in [0.29, 0.717) is 33.7 Å². The number of H-pyrrole nitrogens is 1. The van der Waals surface area contributed by atoms with Crippen molar-refractivity contribution in [3.8, 4) is 17.1 Å². The van der Waals surface area contributed by atoms with E-state index >= 15 is 0 Å². The molecule has 1 atom stereocenters. The van der Waals surface area contributed by atoms with Crippen LogP contribution in [-0.2, 0) is 29.6 Å². The number of aromatic nitrogens is 2. The third-order valence-corrected chi connectivity index (χ3v) is 6.72. The number of fused-ring (bicyclic) bond motifs is 2. The van der Waals surface area contributed by atoms with Crippen LogP contribution in [0.25, 0.3) is 22.4 Å². The van der Waals surface area contributed by atoms with E-state index in [2.05, 4.69) is 15.3 Å². The Bertz CT molecular complexity index is 1400. The summed E-state index contributed by atoms with van der Waals surface area (Å²) in [6.07, 6.45) is 1.06. The van der Waals surface area contributed by atoms with Gasteiger partial charge >= 0.3 is 5.97 Å². The van der Waals surface area contributed by atoms with Crippen LogP contribution in [0.2, 0.25) is 0 Å². The lowest BCUT2D eigenvalue weighted by Crippen LogP contribution is -2.40. The van der Waals surface area contributed by atoms with Crippen molar-refractivity contribution >= 4 is 44.1 Å². The van der Waals surface area contributed by atoms with E-state index in [-0.39, 0.29) is 22.9 Å². The van der Waals surface area contributed by atoms with Gasteiger partial charge in [0.15, 0.2) is 21.0 Å². The number of carbonyl (C=O) groups excluding carboxylic acids is 2. The van der Waals surface area contributed by atoms with Crippen molar-refractivity contribution in [1.29, 1.82) is 0 Å². The maximum Gasteiger partial charge on any atom is 0.326 e. The van der Waals surface area contributed by atoms with Crippen LogP contribution in [-0.4, -0.2) is 50.2 Å². The number of aromatic amines is 1. The Labute approximate surface area is 184 Å². The first-order valence-corrected chi connectivity index (χ1v) is 11.6. The summed E-state index contributed by atoms with van der Waals surface area (Å²) in [7, 11) is -2.16. The van der Waals surface area contributed by atoms with Gasteiger partial charge in [0.1, 0.15) is 5.82 Å². The van der Waals surface area contributed by atoms with Crippen molar-refractivity contribution in [1.82, 2.24) is 9.97 Å². The van der Waals surface area contributed by atoms with Gasteiger partial charge in [0, 0.05) is 17.5 Å². The first-order valence-electron chi connectivity index (χ1n) is 9.72. The highest BCUT2D eigenvalue weighted by Crippen LogP contribution is 2.42. The Morgan fingerprint density at radius 2 is 2.00 bits per heavy atom. The number of hydrogen-bond donors (Lipinski definition) is 3. The zero-order valence-corrected chi connectivity index (χ0v) is 18.7. The van der Waals surface area contributed by atoms with Crippen LogP contribution in [0.3, 0.4) is 0 Å². The second-order valence-electron chi connectivity index (χ2n) is 7.63. The summed E-state index contributed by atoms with van der Waals surface area (Å²) in [4.78, 5) is 32.8. The van der Waals surface area contributed by atoms with Crippen molar-refractivity contribution in [3.63, 3.8) is 0 Å². The molecule has 32 heavy (non-hydrogen) atoms. The largest absolute Gasteiger partial charge is 0.494 e. The van der Waals surface area contributed by atoms with Crippen molar-refractivity contribution in [3.05, 3.63) is 29.8 Å². The van der Waals surface area contributed by atoms with Gasteiger partial charge in [-0.2, -0.15) is 0 Å². The van der Waals surface area contributed by atoms with Gasteiger partial charge in [-0.15, -0.1) is 0 Å². The number of nitrogens with one attached hydrogen (secondary N) is 2. The molecule has 1 aromatic heterocycles. The predicted molar refractivity (Wildman–Crippen MR) is 118 cm³/mol. The lowest BCUT2D eigenvalue weighted by molar-refractivity contribution is -0.152. The fraction of sp³-hybridized carbons (Fsp3) is 0.286. The fourth-order valence-corrected chi connectivity index (χ4v) is 4.67. The third kappa shape index (κ3) is 3.08. The number of nitrogens with zero attached hydrogens (tertiary/aromatic N) is 1. The first kappa shape index (κ1) is 21.6. The smallest absolute Gasteiger partial charge is 0.326 e. The lowest BCUT2D eigenvalue weighted by Gasteiger charge is -2.19. The number of benzene rings is 2. The molecule has 0 spiro atoms. The van der Waals surface area contributed by atoms with E-state index in [1.54, 1.807) is 25.1 Å². The van der Waals surface area contributed by atoms with Gasteiger partial charge in [-0.3, -0.25) is 9.59 Å². The SMILES string of the molecule is CCOC(=O)C1(C)C(=O)Nc2cc3nc(-c4ccc(S(C)(=O)=O)c(N)c4OC)[nH]c3cc21. The van der Waals surface area contributed by atoms with E-state index in [1.165, 1.54) is 20.1 Å². The van der Waals surface area contributed by atoms with E-state index in [4.69, 9.17) is 15.2 Å². The number of ether oxygens (including phenoxy) is 2. The molecule has 0 aliphatic carbocycles. The van der Waals surface area contributed by atoms with Crippen LogP contribution in [0, 0.1) is 0 Å². The molecule has 1 amide bonds. The third-order valence-electron chi connectivity index (χ3n) is 5.56. The molecular formula is C21H22N4O6S. The van der Waals surface area contributed by atoms with Gasteiger partial charge in [0.2, 0.25) is 5.91 Å². The Morgan fingerprint density at radius 1 is 1.28 bits per heavy atom. The predicted octanol–water partition coefficient (Wildman–Crippen LogP) is 2.00. The molecule has 168 valence electrons. The van der Waals surface area contributed by atoms with Crippen LogP contribution in [0.5, 0.6) is 5.75 Å². The lowest BCUT2D eigenvalue weighted by atomic mass is 9.83. The second-order valence-corrected chi connectivity index (χ2v) is 9.61. The number of hydrogen-bond acceptors (Lipinski definition) is 8. The monoisotopic (exact) mass is 458 g/mol. The number of sulfone groups is 1. The normalized spacial score (nSPS) is 17.8. The second kappa shape index (κ2) is 7.23. The van der Waals surface area contributed by atoms with Crippen molar-refractivity contribution in [2.75, 3.05) is 31.0 Å². The maximum atomic E-state index is 12.6. The molecule has 0 bridgehead atoms. The van der Waals surface area contributed by atoms with Crippen LogP contribution >= 0.6 is 0 Å². The number of nitrogen functional groups attached to an aromatic ring is 1. The van der Waals surface area contributed by atoms with Gasteiger partial charge < -0.3 is 25.5 Å². The molecule has 0 fully saturated rings. The number of methoxy groups -OCH3 is 1. The van der Waals surface area contributed by atoms with Crippen LogP contribution in [0.4, 0.5) is 11.4 Å². The molecule has 4 N–H and O–H groups in total. The van der Waals surface area contributed by atoms with Crippen molar-refractivity contribution in [2.45, 2.75) is 24.2 Å². The highest BCUT2D eigenvalue weighted by Gasteiger charge is 2.50. The van der Waals surface area contributed by atoms with Crippen molar-refractivity contribution in [2.24, 2.45) is 0 Å². The fourth-order valence-electron chi connectivity index (χ4n) is 3.86. The molecule has 4 rings (SSSR count). The minimum Gasteiger partial charge on any atom is -0.494 e. The number of esters is 1. The minimum absolute atomic E-state index is 0.0161. The molecule has 3 aromatic rings. The highest BCUT2D eigenvalue weighted by molar-refractivity contribution is 7.90. The summed E-state index contributed by atoms with van der Waals surface area (Å²) in [5, 5.41) is 2.72. The molecule has 2 aromatic carbocycles. The number of amides is 1. The van der Waals surface area contributed by atoms with Gasteiger partial charge in [-0.1, -0.05) is 0 Å². The molecule has 10 nitrogen and oxygen atoms in total. The number of rotatable bonds is 5. The van der Waals surface area contributed by atoms with E-state index in [1.807, 2.05) is 0 Å². The summed E-state index contributed by atoms with van der Waals surface area (Å²) < 4.78 is 34.5. The Kier molecular flexibility index (Phi) is 4.88. The van der Waals surface area contributed by atoms with E-state index < -0.39 is 27.1 Å². The molecule has 1 aliphatic heterocycles. The molecule has 0 saturated heterocycles. The van der Waals surface area contributed by atoms with E-state index in [9.17, 15) is 18.0 Å². The Hall–Kier alpha value is -3.60. The standard InChI is InChI=1S/C21H22N4O6S/c1-5-31-20(27)21(2)11-8-13-14(9-12(11)25-19(21)26)24-18(23-13)10-6-7-15(32(4,28)29)16(22)17(10)30-3/h6-9H,5,22H2,1-4H3,(H,23,24)(H,25,26). The van der Waals surface area contributed by atoms with Gasteiger partial charge in [0.25, 0.3) is 0 Å². The number of anilines is 2. The topological polar surface area (TPSA) is 153 Å². The summed E-state index contributed by atoms with van der Waals surface area (Å²) in [5.74, 6) is -0.550. The average Bonchev–Trinajstić information content (AvgIpc) is 3.24. The minimum atomic E-state index is -3.55. The zero-order valence-electron chi connectivity index (χ0n) is 17.9. The molecule has 0 radical (unpaired) electrons. The summed E-state index contributed by atoms with van der Waals surface area (Å²) >= 11 is 0. The van der Waals surface area contributed by atoms with Crippen LogP contribution < -0.4 is 15.8 Å². The quantitative estimate of drug-likeness (QED) is 0.298. The van der Waals surface area contributed by atoms with Crippen LogP contribution in [0.1, 0.15) is 19.4 Å². The molecule has 11 heteroatoms. The maximum absolute atomic E-state index is 12.6. The van der Waals surface area contributed by atoms with E-state index in [0.717, 1.165) is 6.26 Å². The summed E-state index contributed by atoms with van der Waals surface area (Å²) in [6, 6.07) is 6.29. The van der Waals surface area contributed by atoms with Crippen molar-refractivity contribution < 1.29 is 27.5 Å². The number of imidazole rings is 1. The number of carbonyl (C=O) groups is 2. The Morgan fingerprint density at radius 3 is 2.62 bits per heavy atom. The molecule has 1 unspecified atom stereocenters. The summed E-state index contributed by atoms with van der Waals surface area (Å²) in [6.45, 7) is 3.34. The average molecular weight is 458 g/mol.